The molecule has 418 valence electrons. The summed E-state index contributed by atoms with van der Waals surface area (Å²) in [5.41, 5.74) is 0. The minimum Gasteiger partial charge on any atom is -0.387 e. The molecule has 0 heterocycles. The van der Waals surface area contributed by atoms with Gasteiger partial charge in [-0.3, -0.25) is 13.8 Å². The number of rotatable bonds is 58. The van der Waals surface area contributed by atoms with E-state index in [9.17, 15) is 19.4 Å². The number of carbonyl (C=O) groups excluding carboxylic acids is 1. The number of unbranched alkanes of at least 4 members (excludes halogenated alkanes) is 45. The molecule has 9 heteroatoms. The fraction of sp³-hybridized carbons (Fsp3) is 0.951. The van der Waals surface area contributed by atoms with E-state index in [-0.39, 0.29) is 19.1 Å². The Balaban J connectivity index is 4.07. The quantitative estimate of drug-likeness (QED) is 0.0243. The number of aliphatic hydroxyl groups is 1. The van der Waals surface area contributed by atoms with E-state index in [4.69, 9.17) is 9.05 Å². The van der Waals surface area contributed by atoms with Gasteiger partial charge in [-0.15, -0.1) is 0 Å². The molecule has 0 aromatic carbocycles. The largest absolute Gasteiger partial charge is 0.472 e. The lowest BCUT2D eigenvalue weighted by atomic mass is 10.0. The second-order valence-electron chi connectivity index (χ2n) is 22.8. The number of likely N-dealkylation sites (N-methyl/N-ethyl adjacent to an activating group) is 1. The summed E-state index contributed by atoms with van der Waals surface area (Å²) in [4.78, 5) is 23.3. The number of phosphoric acid groups is 1. The van der Waals surface area contributed by atoms with Crippen molar-refractivity contribution in [3.8, 4) is 0 Å². The zero-order valence-corrected chi connectivity index (χ0v) is 48.7. The molecule has 70 heavy (non-hydrogen) atoms. The van der Waals surface area contributed by atoms with Crippen molar-refractivity contribution < 1.29 is 32.9 Å². The van der Waals surface area contributed by atoms with Gasteiger partial charge in [-0.2, -0.15) is 0 Å². The number of hydrogen-bond donors (Lipinski definition) is 3. The van der Waals surface area contributed by atoms with E-state index in [1.54, 1.807) is 6.08 Å². The fourth-order valence-electron chi connectivity index (χ4n) is 9.63. The van der Waals surface area contributed by atoms with Crippen molar-refractivity contribution in [3.05, 3.63) is 12.2 Å². The number of carbonyl (C=O) groups is 1. The van der Waals surface area contributed by atoms with Crippen molar-refractivity contribution in [3.63, 3.8) is 0 Å². The van der Waals surface area contributed by atoms with Gasteiger partial charge in [0.15, 0.2) is 0 Å². The summed E-state index contributed by atoms with van der Waals surface area (Å²) in [6.07, 6.45) is 66.1. The highest BCUT2D eigenvalue weighted by Crippen LogP contribution is 2.43. The molecule has 3 unspecified atom stereocenters. The molecular weight excluding hydrogens is 888 g/mol. The van der Waals surface area contributed by atoms with Gasteiger partial charge in [0.1, 0.15) is 13.2 Å². The fourth-order valence-corrected chi connectivity index (χ4v) is 10.4. The molecule has 0 aliphatic carbocycles. The molecule has 0 rings (SSSR count). The molecular formula is C61H124N2O6P+. The third kappa shape index (κ3) is 55.0. The summed E-state index contributed by atoms with van der Waals surface area (Å²) in [6.45, 7) is 4.87. The Bertz CT molecular complexity index is 1150. The summed E-state index contributed by atoms with van der Waals surface area (Å²) in [6, 6.07) is -0.842. The first-order valence-corrected chi connectivity index (χ1v) is 32.6. The molecule has 1 amide bonds. The Labute approximate surface area is 437 Å². The maximum Gasteiger partial charge on any atom is 0.472 e. The minimum absolute atomic E-state index is 0.0653. The molecule has 0 aliphatic heterocycles. The second-order valence-corrected chi connectivity index (χ2v) is 24.3. The average molecular weight is 1010 g/mol. The van der Waals surface area contributed by atoms with Crippen LogP contribution in [0.25, 0.3) is 0 Å². The number of allylic oxidation sites excluding steroid dienone is 1. The van der Waals surface area contributed by atoms with E-state index in [0.29, 0.717) is 17.4 Å². The number of amides is 1. The first-order chi connectivity index (χ1) is 34.0. The number of phosphoric ester groups is 1. The predicted octanol–water partition coefficient (Wildman–Crippen LogP) is 19.0. The SMILES string of the molecule is CCCCCCCCCCCCCCCCCCC/C=C/C(O)C(COP(=O)(O)OCC[N+](C)(C)C)NC(=O)CCCCCCCCCCCCCCCCCCCCCCCCCCCCCCC. The number of quaternary nitrogens is 1. The lowest BCUT2D eigenvalue weighted by Gasteiger charge is -2.25. The van der Waals surface area contributed by atoms with Crippen LogP contribution in [-0.2, 0) is 18.4 Å². The maximum absolute atomic E-state index is 13.0. The Hall–Kier alpha value is -0.760. The van der Waals surface area contributed by atoms with Gasteiger partial charge < -0.3 is 19.8 Å². The normalized spacial score (nSPS) is 13.9. The first-order valence-electron chi connectivity index (χ1n) is 31.1. The maximum atomic E-state index is 13.0. The number of nitrogens with one attached hydrogen (secondary N) is 1. The molecule has 0 aromatic heterocycles. The van der Waals surface area contributed by atoms with E-state index >= 15 is 0 Å². The van der Waals surface area contributed by atoms with Gasteiger partial charge in [0.25, 0.3) is 0 Å². The van der Waals surface area contributed by atoms with Crippen LogP contribution in [-0.4, -0.2) is 73.4 Å². The van der Waals surface area contributed by atoms with E-state index < -0.39 is 20.0 Å². The van der Waals surface area contributed by atoms with Gasteiger partial charge in [-0.1, -0.05) is 309 Å². The molecule has 0 radical (unpaired) electrons. The van der Waals surface area contributed by atoms with Crippen LogP contribution < -0.4 is 5.32 Å². The first kappa shape index (κ1) is 69.2. The Kier molecular flexibility index (Phi) is 52.5. The van der Waals surface area contributed by atoms with Crippen LogP contribution in [0.2, 0.25) is 0 Å². The molecule has 0 aromatic rings. The molecule has 0 spiro atoms. The lowest BCUT2D eigenvalue weighted by Crippen LogP contribution is -2.45. The van der Waals surface area contributed by atoms with Crippen LogP contribution in [0.4, 0.5) is 0 Å². The summed E-state index contributed by atoms with van der Waals surface area (Å²) in [5.74, 6) is -0.169. The van der Waals surface area contributed by atoms with Crippen molar-refractivity contribution in [2.24, 2.45) is 0 Å². The molecule has 0 saturated carbocycles. The van der Waals surface area contributed by atoms with E-state index in [0.717, 1.165) is 32.1 Å². The molecule has 0 bridgehead atoms. The van der Waals surface area contributed by atoms with Crippen LogP contribution in [0.15, 0.2) is 12.2 Å². The molecule has 0 aliphatic rings. The Morgan fingerprint density at radius 2 is 0.757 bits per heavy atom. The summed E-state index contributed by atoms with van der Waals surface area (Å²) in [7, 11) is 1.59. The van der Waals surface area contributed by atoms with Crippen LogP contribution in [0.5, 0.6) is 0 Å². The smallest absolute Gasteiger partial charge is 0.387 e. The topological polar surface area (TPSA) is 105 Å². The van der Waals surface area contributed by atoms with Gasteiger partial charge in [0.2, 0.25) is 5.91 Å². The van der Waals surface area contributed by atoms with E-state index in [2.05, 4.69) is 19.2 Å². The summed E-state index contributed by atoms with van der Waals surface area (Å²) in [5, 5.41) is 14.0. The summed E-state index contributed by atoms with van der Waals surface area (Å²) >= 11 is 0. The van der Waals surface area contributed by atoms with E-state index in [1.807, 2.05) is 27.2 Å². The van der Waals surface area contributed by atoms with Gasteiger partial charge in [0.05, 0.1) is 39.9 Å². The van der Waals surface area contributed by atoms with Crippen molar-refractivity contribution in [1.82, 2.24) is 5.32 Å². The lowest BCUT2D eigenvalue weighted by molar-refractivity contribution is -0.870. The third-order valence-corrected chi connectivity index (χ3v) is 15.5. The molecule has 0 saturated heterocycles. The third-order valence-electron chi connectivity index (χ3n) is 14.5. The van der Waals surface area contributed by atoms with Crippen molar-refractivity contribution in [2.75, 3.05) is 40.9 Å². The number of hydrogen-bond acceptors (Lipinski definition) is 5. The van der Waals surface area contributed by atoms with Gasteiger partial charge >= 0.3 is 7.82 Å². The average Bonchev–Trinajstić information content (AvgIpc) is 3.32. The highest BCUT2D eigenvalue weighted by molar-refractivity contribution is 7.47. The summed E-state index contributed by atoms with van der Waals surface area (Å²) < 4.78 is 23.7. The number of nitrogens with zero attached hydrogens (tertiary/aromatic N) is 1. The monoisotopic (exact) mass is 1010 g/mol. The highest BCUT2D eigenvalue weighted by atomic mass is 31.2. The number of aliphatic hydroxyl groups excluding tert-OH is 1. The molecule has 8 nitrogen and oxygen atoms in total. The minimum atomic E-state index is -4.34. The van der Waals surface area contributed by atoms with E-state index in [1.165, 1.54) is 270 Å². The van der Waals surface area contributed by atoms with Crippen molar-refractivity contribution >= 4 is 13.7 Å². The van der Waals surface area contributed by atoms with Gasteiger partial charge in [0, 0.05) is 6.42 Å². The van der Waals surface area contributed by atoms with Crippen LogP contribution in [0, 0.1) is 0 Å². The zero-order chi connectivity index (χ0) is 51.3. The molecule has 3 N–H and O–H groups in total. The standard InChI is InChI=1S/C61H123N2O6P/c1-6-8-10-12-14-16-18-20-22-24-26-27-28-29-30-31-32-33-34-35-37-39-41-43-45-47-49-51-53-55-61(65)62-59(58-69-70(66,67)68-57-56-63(3,4)5)60(64)54-52-50-48-46-44-42-40-38-36-25-23-21-19-17-15-13-11-9-7-2/h52,54,59-60,64H,6-51,53,55-58H2,1-5H3,(H-,62,65,66,67)/p+1/b54-52+. The predicted molar refractivity (Wildman–Crippen MR) is 305 cm³/mol. The Morgan fingerprint density at radius 3 is 1.06 bits per heavy atom. The zero-order valence-electron chi connectivity index (χ0n) is 47.8. The second kappa shape index (κ2) is 53.1. The molecule has 0 fully saturated rings. The Morgan fingerprint density at radius 1 is 0.471 bits per heavy atom. The van der Waals surface area contributed by atoms with Gasteiger partial charge in [-0.25, -0.2) is 4.57 Å². The van der Waals surface area contributed by atoms with Crippen molar-refractivity contribution in [1.29, 1.82) is 0 Å². The van der Waals surface area contributed by atoms with Crippen LogP contribution >= 0.6 is 7.82 Å². The highest BCUT2D eigenvalue weighted by Gasteiger charge is 2.27. The van der Waals surface area contributed by atoms with Crippen molar-refractivity contribution in [2.45, 2.75) is 334 Å². The van der Waals surface area contributed by atoms with Crippen LogP contribution in [0.1, 0.15) is 322 Å². The van der Waals surface area contributed by atoms with Gasteiger partial charge in [-0.05, 0) is 19.3 Å². The van der Waals surface area contributed by atoms with Crippen LogP contribution in [0.3, 0.4) is 0 Å². The molecule has 3 atom stereocenters.